The Morgan fingerprint density at radius 3 is 2.73 bits per heavy atom. The van der Waals surface area contributed by atoms with Gasteiger partial charge >= 0.3 is 6.09 Å². The average Bonchev–Trinajstić information content (AvgIpc) is 3.34. The van der Waals surface area contributed by atoms with Crippen molar-refractivity contribution in [1.82, 2.24) is 14.7 Å². The maximum Gasteiger partial charge on any atom is 0.410 e. The summed E-state index contributed by atoms with van der Waals surface area (Å²) in [6.07, 6.45) is 2.88. The molecule has 0 aromatic heterocycles. The summed E-state index contributed by atoms with van der Waals surface area (Å²) >= 11 is 0. The largest absolute Gasteiger partial charge is 0.493 e. The van der Waals surface area contributed by atoms with Crippen molar-refractivity contribution < 1.29 is 23.8 Å². The van der Waals surface area contributed by atoms with Crippen LogP contribution in [-0.4, -0.2) is 86.8 Å². The van der Waals surface area contributed by atoms with Gasteiger partial charge in [-0.05, 0) is 31.9 Å². The van der Waals surface area contributed by atoms with Gasteiger partial charge in [-0.1, -0.05) is 12.1 Å². The van der Waals surface area contributed by atoms with Gasteiger partial charge in [-0.15, -0.1) is 0 Å². The third kappa shape index (κ3) is 4.19. The molecule has 0 bridgehead atoms. The standard InChI is InChI=1S/C22H31N3O5/c1-28-18-6-3-5-17(20(18)29-2)13-23-9-4-7-22(15-23)8-10-25(16-22)19(26)14-24-11-12-30-21(24)27/h3,5-6H,4,7-16H2,1-2H3/t22-/m1/s1. The number of carbonyl (C=O) groups excluding carboxylic acids is 2. The zero-order valence-corrected chi connectivity index (χ0v) is 17.9. The van der Waals surface area contributed by atoms with Gasteiger partial charge in [0.05, 0.1) is 20.8 Å². The molecule has 1 aromatic carbocycles. The number of para-hydroxylation sites is 1. The fourth-order valence-corrected chi connectivity index (χ4v) is 5.08. The fraction of sp³-hybridized carbons (Fsp3) is 0.636. The predicted molar refractivity (Wildman–Crippen MR) is 111 cm³/mol. The monoisotopic (exact) mass is 417 g/mol. The zero-order chi connectivity index (χ0) is 21.1. The number of likely N-dealkylation sites (tertiary alicyclic amines) is 2. The summed E-state index contributed by atoms with van der Waals surface area (Å²) in [5.74, 6) is 1.57. The van der Waals surface area contributed by atoms with E-state index in [-0.39, 0.29) is 24.0 Å². The molecule has 4 rings (SSSR count). The van der Waals surface area contributed by atoms with Gasteiger partial charge in [0.25, 0.3) is 0 Å². The second-order valence-electron chi connectivity index (χ2n) is 8.57. The van der Waals surface area contributed by atoms with E-state index in [1.54, 1.807) is 14.2 Å². The van der Waals surface area contributed by atoms with Crippen LogP contribution in [0.1, 0.15) is 24.8 Å². The topological polar surface area (TPSA) is 71.5 Å². The quantitative estimate of drug-likeness (QED) is 0.705. The van der Waals surface area contributed by atoms with E-state index in [9.17, 15) is 9.59 Å². The Hall–Kier alpha value is -2.48. The number of hydrogen-bond donors (Lipinski definition) is 0. The molecule has 164 valence electrons. The highest BCUT2D eigenvalue weighted by Gasteiger charge is 2.43. The van der Waals surface area contributed by atoms with Gasteiger partial charge in [0.2, 0.25) is 5.91 Å². The minimum atomic E-state index is -0.381. The van der Waals surface area contributed by atoms with Gasteiger partial charge in [0, 0.05) is 37.2 Å². The molecule has 30 heavy (non-hydrogen) atoms. The minimum absolute atomic E-state index is 0.0253. The second kappa shape index (κ2) is 8.71. The van der Waals surface area contributed by atoms with E-state index >= 15 is 0 Å². The Morgan fingerprint density at radius 1 is 1.13 bits per heavy atom. The number of amides is 2. The van der Waals surface area contributed by atoms with Crippen LogP contribution in [0, 0.1) is 5.41 Å². The van der Waals surface area contributed by atoms with Crippen molar-refractivity contribution in [2.24, 2.45) is 5.41 Å². The van der Waals surface area contributed by atoms with Crippen molar-refractivity contribution in [1.29, 1.82) is 0 Å². The van der Waals surface area contributed by atoms with E-state index in [1.807, 2.05) is 17.0 Å². The van der Waals surface area contributed by atoms with E-state index in [0.29, 0.717) is 13.2 Å². The van der Waals surface area contributed by atoms with E-state index < -0.39 is 0 Å². The van der Waals surface area contributed by atoms with E-state index in [1.165, 1.54) is 4.90 Å². The average molecular weight is 418 g/mol. The predicted octanol–water partition coefficient (Wildman–Crippen LogP) is 1.97. The molecule has 0 unspecified atom stereocenters. The molecular weight excluding hydrogens is 386 g/mol. The molecule has 1 spiro atoms. The number of nitrogens with zero attached hydrogens (tertiary/aromatic N) is 3. The van der Waals surface area contributed by atoms with Crippen LogP contribution >= 0.6 is 0 Å². The number of methoxy groups -OCH3 is 2. The first-order valence-corrected chi connectivity index (χ1v) is 10.7. The Labute approximate surface area is 177 Å². The summed E-state index contributed by atoms with van der Waals surface area (Å²) in [5.41, 5.74) is 1.25. The van der Waals surface area contributed by atoms with Crippen molar-refractivity contribution in [3.8, 4) is 11.5 Å². The molecule has 3 heterocycles. The highest BCUT2D eigenvalue weighted by atomic mass is 16.6. The molecule has 0 aliphatic carbocycles. The van der Waals surface area contributed by atoms with Gasteiger partial charge in [0.15, 0.2) is 11.5 Å². The molecule has 3 saturated heterocycles. The molecule has 8 nitrogen and oxygen atoms in total. The van der Waals surface area contributed by atoms with Crippen molar-refractivity contribution in [2.75, 3.05) is 60.1 Å². The first kappa shape index (κ1) is 20.8. The number of cyclic esters (lactones) is 1. The van der Waals surface area contributed by atoms with Crippen LogP contribution in [0.5, 0.6) is 11.5 Å². The number of carbonyl (C=O) groups is 2. The van der Waals surface area contributed by atoms with E-state index in [2.05, 4.69) is 11.0 Å². The minimum Gasteiger partial charge on any atom is -0.493 e. The normalized spacial score (nSPS) is 24.4. The highest BCUT2D eigenvalue weighted by molar-refractivity contribution is 5.83. The van der Waals surface area contributed by atoms with Crippen molar-refractivity contribution in [2.45, 2.75) is 25.8 Å². The lowest BCUT2D eigenvalue weighted by molar-refractivity contribution is -0.131. The summed E-state index contributed by atoms with van der Waals surface area (Å²) in [6.45, 7) is 5.32. The Kier molecular flexibility index (Phi) is 6.04. The molecule has 3 aliphatic rings. The van der Waals surface area contributed by atoms with Crippen molar-refractivity contribution >= 4 is 12.0 Å². The lowest BCUT2D eigenvalue weighted by Crippen LogP contribution is -2.46. The lowest BCUT2D eigenvalue weighted by Gasteiger charge is -2.40. The second-order valence-corrected chi connectivity index (χ2v) is 8.57. The van der Waals surface area contributed by atoms with Gasteiger partial charge in [0.1, 0.15) is 13.2 Å². The highest BCUT2D eigenvalue weighted by Crippen LogP contribution is 2.40. The Morgan fingerprint density at radius 2 is 2.00 bits per heavy atom. The van der Waals surface area contributed by atoms with Crippen LogP contribution in [0.4, 0.5) is 4.79 Å². The fourth-order valence-electron chi connectivity index (χ4n) is 5.08. The molecule has 0 N–H and O–H groups in total. The van der Waals surface area contributed by atoms with E-state index in [0.717, 1.165) is 69.0 Å². The summed E-state index contributed by atoms with van der Waals surface area (Å²) in [6, 6.07) is 5.99. The third-order valence-corrected chi connectivity index (χ3v) is 6.58. The number of rotatable bonds is 6. The maximum atomic E-state index is 12.7. The first-order valence-electron chi connectivity index (χ1n) is 10.7. The summed E-state index contributed by atoms with van der Waals surface area (Å²) in [7, 11) is 3.33. The van der Waals surface area contributed by atoms with Crippen molar-refractivity contribution in [3.63, 3.8) is 0 Å². The molecular formula is C22H31N3O5. The Bertz CT molecular complexity index is 801. The molecule has 3 fully saturated rings. The number of piperidine rings is 1. The van der Waals surface area contributed by atoms with Gasteiger partial charge in [-0.3, -0.25) is 14.6 Å². The maximum absolute atomic E-state index is 12.7. The van der Waals surface area contributed by atoms with Crippen LogP contribution in [-0.2, 0) is 16.1 Å². The van der Waals surface area contributed by atoms with Crippen LogP contribution < -0.4 is 9.47 Å². The zero-order valence-electron chi connectivity index (χ0n) is 17.9. The summed E-state index contributed by atoms with van der Waals surface area (Å²) in [4.78, 5) is 30.3. The molecule has 1 aromatic rings. The van der Waals surface area contributed by atoms with Crippen LogP contribution in [0.3, 0.4) is 0 Å². The smallest absolute Gasteiger partial charge is 0.410 e. The summed E-state index contributed by atoms with van der Waals surface area (Å²) < 4.78 is 16.0. The van der Waals surface area contributed by atoms with Crippen LogP contribution in [0.15, 0.2) is 18.2 Å². The van der Waals surface area contributed by atoms with Crippen molar-refractivity contribution in [3.05, 3.63) is 23.8 Å². The molecule has 2 amide bonds. The Balaban J connectivity index is 1.38. The third-order valence-electron chi connectivity index (χ3n) is 6.58. The van der Waals surface area contributed by atoms with E-state index in [4.69, 9.17) is 14.2 Å². The molecule has 0 radical (unpaired) electrons. The molecule has 8 heteroatoms. The number of hydrogen-bond acceptors (Lipinski definition) is 6. The molecule has 0 saturated carbocycles. The van der Waals surface area contributed by atoms with Crippen LogP contribution in [0.2, 0.25) is 0 Å². The SMILES string of the molecule is COc1cccc(CN2CCC[C@@]3(CCN(C(=O)CN4CCOC4=O)C3)C2)c1OC. The molecule has 1 atom stereocenters. The van der Waals surface area contributed by atoms with Gasteiger partial charge < -0.3 is 19.1 Å². The van der Waals surface area contributed by atoms with Crippen LogP contribution in [0.25, 0.3) is 0 Å². The molecule has 3 aliphatic heterocycles. The number of benzene rings is 1. The first-order chi connectivity index (χ1) is 14.5. The van der Waals surface area contributed by atoms with Gasteiger partial charge in [-0.2, -0.15) is 0 Å². The number of ether oxygens (including phenoxy) is 3. The lowest BCUT2D eigenvalue weighted by atomic mass is 9.79. The van der Waals surface area contributed by atoms with Gasteiger partial charge in [-0.25, -0.2) is 4.79 Å². The summed E-state index contributed by atoms with van der Waals surface area (Å²) in [5, 5.41) is 0.